The summed E-state index contributed by atoms with van der Waals surface area (Å²) in [4.78, 5) is 14.5. The SMILES string of the molecule is CN(C)c1ccc(C2=C(O)C(=C3C=CC(=[N+](C)C)C=C3)C2=O)cc1. The molecule has 0 radical (unpaired) electrons. The molecule has 0 spiro atoms. The lowest BCUT2D eigenvalue weighted by molar-refractivity contribution is -0.462. The minimum Gasteiger partial charge on any atom is -0.506 e. The highest BCUT2D eigenvalue weighted by Gasteiger charge is 2.36. The second-order valence-electron chi connectivity index (χ2n) is 6.31. The zero-order chi connectivity index (χ0) is 17.4. The van der Waals surface area contributed by atoms with E-state index in [1.807, 2.05) is 86.2 Å². The molecule has 4 nitrogen and oxygen atoms in total. The summed E-state index contributed by atoms with van der Waals surface area (Å²) < 4.78 is 1.99. The molecule has 0 aliphatic heterocycles. The fourth-order valence-electron chi connectivity index (χ4n) is 2.79. The van der Waals surface area contributed by atoms with Crippen molar-refractivity contribution in [2.24, 2.45) is 0 Å². The Labute approximate surface area is 142 Å². The van der Waals surface area contributed by atoms with Crippen LogP contribution >= 0.6 is 0 Å². The first-order valence-electron chi connectivity index (χ1n) is 7.81. The molecule has 1 N–H and O–H groups in total. The Morgan fingerprint density at radius 1 is 0.917 bits per heavy atom. The zero-order valence-electron chi connectivity index (χ0n) is 14.4. The predicted octanol–water partition coefficient (Wildman–Crippen LogP) is 2.74. The summed E-state index contributed by atoms with van der Waals surface area (Å²) >= 11 is 0. The molecule has 2 aliphatic rings. The quantitative estimate of drug-likeness (QED) is 0.673. The third kappa shape index (κ3) is 2.60. The van der Waals surface area contributed by atoms with Gasteiger partial charge in [-0.3, -0.25) is 4.79 Å². The van der Waals surface area contributed by atoms with Gasteiger partial charge in [-0.15, -0.1) is 0 Å². The summed E-state index contributed by atoms with van der Waals surface area (Å²) in [5.74, 6) is -0.0297. The fraction of sp³-hybridized carbons (Fsp3) is 0.200. The Morgan fingerprint density at radius 3 is 1.96 bits per heavy atom. The van der Waals surface area contributed by atoms with Crippen LogP contribution < -0.4 is 4.90 Å². The average molecular weight is 321 g/mol. The molecule has 0 atom stereocenters. The van der Waals surface area contributed by atoms with Crippen LogP contribution in [0.15, 0.2) is 65.5 Å². The molecule has 4 heteroatoms. The second-order valence-corrected chi connectivity index (χ2v) is 6.31. The number of hydrogen-bond donors (Lipinski definition) is 1. The largest absolute Gasteiger partial charge is 0.506 e. The molecule has 0 unspecified atom stereocenters. The maximum Gasteiger partial charge on any atom is 0.201 e. The lowest BCUT2D eigenvalue weighted by atomic mass is 9.80. The van der Waals surface area contributed by atoms with Crippen LogP contribution in [0.4, 0.5) is 5.69 Å². The van der Waals surface area contributed by atoms with Crippen LogP contribution in [0, 0.1) is 0 Å². The molecular formula is C20H21N2O2+. The van der Waals surface area contributed by atoms with Crippen molar-refractivity contribution in [1.29, 1.82) is 0 Å². The smallest absolute Gasteiger partial charge is 0.201 e. The van der Waals surface area contributed by atoms with E-state index in [1.54, 1.807) is 0 Å². The number of nitrogens with zero attached hydrogens (tertiary/aromatic N) is 2. The van der Waals surface area contributed by atoms with Gasteiger partial charge in [0.15, 0.2) is 5.71 Å². The Hall–Kier alpha value is -2.88. The van der Waals surface area contributed by atoms with Crippen molar-refractivity contribution in [3.63, 3.8) is 0 Å². The van der Waals surface area contributed by atoms with E-state index in [1.165, 1.54) is 0 Å². The standard InChI is InChI=1S/C20H20N2O2/c1-21(2)15-9-5-13(6-10-15)17-19(23)18(20(17)24)14-7-11-16(12-8-14)22(3)4/h5-12H,1-4H3/p+1. The highest BCUT2D eigenvalue weighted by Crippen LogP contribution is 2.39. The van der Waals surface area contributed by atoms with Gasteiger partial charge in [0, 0.05) is 31.9 Å². The molecule has 0 heterocycles. The molecule has 0 saturated heterocycles. The van der Waals surface area contributed by atoms with Gasteiger partial charge < -0.3 is 10.0 Å². The summed E-state index contributed by atoms with van der Waals surface area (Å²) in [6, 6.07) is 7.61. The topological polar surface area (TPSA) is 43.5 Å². The van der Waals surface area contributed by atoms with Gasteiger partial charge in [0.1, 0.15) is 19.9 Å². The van der Waals surface area contributed by atoms with E-state index in [0.29, 0.717) is 11.1 Å². The molecular weight excluding hydrogens is 300 g/mol. The van der Waals surface area contributed by atoms with E-state index < -0.39 is 0 Å². The predicted molar refractivity (Wildman–Crippen MR) is 97.7 cm³/mol. The Morgan fingerprint density at radius 2 is 1.50 bits per heavy atom. The molecule has 0 amide bonds. The van der Waals surface area contributed by atoms with E-state index in [0.717, 1.165) is 22.5 Å². The van der Waals surface area contributed by atoms with Crippen molar-refractivity contribution >= 4 is 22.8 Å². The zero-order valence-corrected chi connectivity index (χ0v) is 14.4. The maximum absolute atomic E-state index is 12.5. The van der Waals surface area contributed by atoms with Gasteiger partial charge in [0.2, 0.25) is 5.78 Å². The van der Waals surface area contributed by atoms with Gasteiger partial charge >= 0.3 is 0 Å². The molecule has 0 fully saturated rings. The van der Waals surface area contributed by atoms with E-state index >= 15 is 0 Å². The summed E-state index contributed by atoms with van der Waals surface area (Å²) in [5.41, 5.74) is 4.38. The number of hydrogen-bond acceptors (Lipinski definition) is 3. The summed E-state index contributed by atoms with van der Waals surface area (Å²) in [6.45, 7) is 0. The molecule has 0 bridgehead atoms. The van der Waals surface area contributed by atoms with Crippen molar-refractivity contribution in [1.82, 2.24) is 0 Å². The van der Waals surface area contributed by atoms with Crippen molar-refractivity contribution in [3.8, 4) is 0 Å². The third-order valence-corrected chi connectivity index (χ3v) is 4.27. The number of Topliss-reactive ketones (excluding diaryl/α,β-unsaturated/α-hetero) is 1. The molecule has 1 aromatic rings. The van der Waals surface area contributed by atoms with Gasteiger partial charge in [0.05, 0.1) is 11.1 Å². The molecule has 1 aromatic carbocycles. The number of carbonyl (C=O) groups excluding carboxylic acids is 1. The normalized spacial score (nSPS) is 16.7. The van der Waals surface area contributed by atoms with E-state index in [2.05, 4.69) is 0 Å². The number of rotatable bonds is 2. The number of benzene rings is 1. The van der Waals surface area contributed by atoms with Crippen molar-refractivity contribution in [3.05, 3.63) is 71.0 Å². The average Bonchev–Trinajstić information content (AvgIpc) is 2.56. The minimum absolute atomic E-state index is 0.0789. The third-order valence-electron chi connectivity index (χ3n) is 4.27. The summed E-state index contributed by atoms with van der Waals surface area (Å²) in [6.07, 6.45) is 7.61. The Balaban J connectivity index is 1.95. The minimum atomic E-state index is -0.109. The molecule has 24 heavy (non-hydrogen) atoms. The lowest BCUT2D eigenvalue weighted by Crippen LogP contribution is -2.23. The van der Waals surface area contributed by atoms with Crippen molar-refractivity contribution in [2.45, 2.75) is 0 Å². The Bertz CT molecular complexity index is 841. The van der Waals surface area contributed by atoms with Gasteiger partial charge in [-0.25, -0.2) is 4.58 Å². The van der Waals surface area contributed by atoms with Gasteiger partial charge in [-0.1, -0.05) is 12.1 Å². The van der Waals surface area contributed by atoms with Crippen LogP contribution in [0.2, 0.25) is 0 Å². The molecule has 2 aliphatic carbocycles. The monoisotopic (exact) mass is 321 g/mol. The highest BCUT2D eigenvalue weighted by molar-refractivity contribution is 6.39. The number of aliphatic hydroxyl groups is 1. The number of anilines is 1. The highest BCUT2D eigenvalue weighted by atomic mass is 16.3. The van der Waals surface area contributed by atoms with Crippen molar-refractivity contribution in [2.75, 3.05) is 33.1 Å². The number of ketones is 1. The van der Waals surface area contributed by atoms with E-state index in [-0.39, 0.29) is 11.5 Å². The number of aliphatic hydroxyl groups excluding tert-OH is 1. The lowest BCUT2D eigenvalue weighted by Gasteiger charge is -2.24. The molecule has 0 saturated carbocycles. The Kier molecular flexibility index (Phi) is 3.97. The van der Waals surface area contributed by atoms with Gasteiger partial charge in [0.25, 0.3) is 0 Å². The molecule has 3 rings (SSSR count). The second kappa shape index (κ2) is 5.96. The van der Waals surface area contributed by atoms with Crippen LogP contribution in [0.5, 0.6) is 0 Å². The molecule has 0 aromatic heterocycles. The maximum atomic E-state index is 12.5. The van der Waals surface area contributed by atoms with Crippen LogP contribution in [0.25, 0.3) is 5.57 Å². The first-order valence-corrected chi connectivity index (χ1v) is 7.81. The van der Waals surface area contributed by atoms with Crippen LogP contribution in [-0.4, -0.2) is 49.4 Å². The summed E-state index contributed by atoms with van der Waals surface area (Å²) in [7, 11) is 7.85. The number of allylic oxidation sites excluding steroid dienone is 7. The van der Waals surface area contributed by atoms with Gasteiger partial charge in [-0.05, 0) is 35.4 Å². The fourth-order valence-corrected chi connectivity index (χ4v) is 2.79. The number of carbonyl (C=O) groups is 1. The summed E-state index contributed by atoms with van der Waals surface area (Å²) in [5, 5.41) is 10.4. The first-order chi connectivity index (χ1) is 11.4. The van der Waals surface area contributed by atoms with Crippen LogP contribution in [-0.2, 0) is 4.79 Å². The van der Waals surface area contributed by atoms with Gasteiger partial charge in [-0.2, -0.15) is 0 Å². The van der Waals surface area contributed by atoms with Crippen LogP contribution in [0.1, 0.15) is 5.56 Å². The van der Waals surface area contributed by atoms with E-state index in [4.69, 9.17) is 0 Å². The van der Waals surface area contributed by atoms with Crippen molar-refractivity contribution < 1.29 is 14.5 Å². The van der Waals surface area contributed by atoms with E-state index in [9.17, 15) is 9.90 Å². The van der Waals surface area contributed by atoms with Crippen LogP contribution in [0.3, 0.4) is 0 Å². The first kappa shape index (κ1) is 16.0. The molecule has 122 valence electrons.